The van der Waals surface area contributed by atoms with Crippen LogP contribution in [-0.2, 0) is 19.9 Å². The van der Waals surface area contributed by atoms with Gasteiger partial charge in [0.15, 0.2) is 5.82 Å². The van der Waals surface area contributed by atoms with Crippen molar-refractivity contribution in [3.63, 3.8) is 0 Å². The van der Waals surface area contributed by atoms with Crippen LogP contribution >= 0.6 is 0 Å². The van der Waals surface area contributed by atoms with E-state index in [0.29, 0.717) is 12.2 Å². The van der Waals surface area contributed by atoms with Crippen LogP contribution < -0.4 is 11.3 Å². The van der Waals surface area contributed by atoms with Gasteiger partial charge in [-0.1, -0.05) is 6.07 Å². The maximum absolute atomic E-state index is 5.54. The Hall–Kier alpha value is -1.86. The Labute approximate surface area is 105 Å². The zero-order valence-corrected chi connectivity index (χ0v) is 10.3. The fourth-order valence-corrected chi connectivity index (χ4v) is 1.76. The quantitative estimate of drug-likeness (QED) is 0.533. The van der Waals surface area contributed by atoms with Crippen molar-refractivity contribution in [2.24, 2.45) is 12.9 Å². The van der Waals surface area contributed by atoms with Gasteiger partial charge in [-0.15, -0.1) is 10.2 Å². The van der Waals surface area contributed by atoms with Crippen molar-refractivity contribution in [3.05, 3.63) is 35.9 Å². The largest absolute Gasteiger partial charge is 0.271 e. The van der Waals surface area contributed by atoms with Crippen LogP contribution in [-0.4, -0.2) is 31.2 Å². The molecule has 0 aromatic carbocycles. The fourth-order valence-electron chi connectivity index (χ4n) is 1.76. The van der Waals surface area contributed by atoms with Gasteiger partial charge in [-0.3, -0.25) is 16.3 Å². The van der Waals surface area contributed by atoms with Gasteiger partial charge >= 0.3 is 0 Å². The molecule has 96 valence electrons. The molecule has 0 amide bonds. The first-order chi connectivity index (χ1) is 8.78. The smallest absolute Gasteiger partial charge is 0.176 e. The molecule has 0 saturated carbocycles. The lowest BCUT2D eigenvalue weighted by Gasteiger charge is -2.13. The molecule has 1 unspecified atom stereocenters. The van der Waals surface area contributed by atoms with Gasteiger partial charge in [0, 0.05) is 24.9 Å². The Balaban J connectivity index is 1.86. The number of nitrogens with zero attached hydrogens (tertiary/aromatic N) is 5. The minimum absolute atomic E-state index is 0.134. The third kappa shape index (κ3) is 3.57. The molecular weight excluding hydrogens is 230 g/mol. The van der Waals surface area contributed by atoms with Crippen LogP contribution in [0.2, 0.25) is 0 Å². The Kier molecular flexibility index (Phi) is 4.32. The van der Waals surface area contributed by atoms with Crippen LogP contribution in [0.25, 0.3) is 0 Å². The zero-order valence-electron chi connectivity index (χ0n) is 10.3. The summed E-state index contributed by atoms with van der Waals surface area (Å²) in [5.41, 5.74) is 3.99. The molecule has 1 atom stereocenters. The van der Waals surface area contributed by atoms with E-state index in [1.54, 1.807) is 13.2 Å². The van der Waals surface area contributed by atoms with Crippen molar-refractivity contribution in [2.75, 3.05) is 0 Å². The van der Waals surface area contributed by atoms with Crippen molar-refractivity contribution in [2.45, 2.75) is 25.3 Å². The molecule has 2 heterocycles. The van der Waals surface area contributed by atoms with Crippen LogP contribution in [0, 0.1) is 0 Å². The van der Waals surface area contributed by atoms with E-state index in [1.807, 2.05) is 12.3 Å². The highest BCUT2D eigenvalue weighted by Gasteiger charge is 2.11. The van der Waals surface area contributed by atoms with Crippen molar-refractivity contribution in [1.82, 2.24) is 30.6 Å². The van der Waals surface area contributed by atoms with Gasteiger partial charge in [0.05, 0.1) is 7.05 Å². The molecule has 7 heteroatoms. The molecule has 0 bridgehead atoms. The second kappa shape index (κ2) is 6.18. The van der Waals surface area contributed by atoms with Crippen LogP contribution in [0.5, 0.6) is 0 Å². The normalized spacial score (nSPS) is 12.6. The monoisotopic (exact) mass is 247 g/mol. The van der Waals surface area contributed by atoms with E-state index in [1.165, 1.54) is 10.4 Å². The minimum Gasteiger partial charge on any atom is -0.271 e. The number of hydrazine groups is 1. The highest BCUT2D eigenvalue weighted by molar-refractivity contribution is 5.08. The van der Waals surface area contributed by atoms with Crippen molar-refractivity contribution >= 4 is 0 Å². The maximum atomic E-state index is 5.54. The van der Waals surface area contributed by atoms with Gasteiger partial charge in [0.2, 0.25) is 0 Å². The summed E-state index contributed by atoms with van der Waals surface area (Å²) in [4.78, 5) is 5.53. The first-order valence-electron chi connectivity index (χ1n) is 5.86. The second-order valence-corrected chi connectivity index (χ2v) is 4.16. The number of nitrogens with two attached hydrogens (primary N) is 1. The van der Waals surface area contributed by atoms with Gasteiger partial charge in [0.25, 0.3) is 0 Å². The number of aromatic nitrogens is 5. The van der Waals surface area contributed by atoms with E-state index in [2.05, 4.69) is 31.9 Å². The maximum Gasteiger partial charge on any atom is 0.176 e. The molecule has 0 aliphatic heterocycles. The lowest BCUT2D eigenvalue weighted by molar-refractivity contribution is 0.480. The number of nitrogens with one attached hydrogen (secondary N) is 1. The molecule has 0 fully saturated rings. The van der Waals surface area contributed by atoms with Crippen LogP contribution in [0.4, 0.5) is 0 Å². The van der Waals surface area contributed by atoms with Crippen LogP contribution in [0.3, 0.4) is 0 Å². The van der Waals surface area contributed by atoms with E-state index in [4.69, 9.17) is 5.84 Å². The standard InChI is InChI=1S/C11H17N7/c1-18-16-11(15-17-18)7-10(14-12)5-4-9-3-2-6-13-8-9/h2-3,6,8,10,14H,4-5,7,12H2,1H3. The van der Waals surface area contributed by atoms with Gasteiger partial charge in [0.1, 0.15) is 0 Å². The summed E-state index contributed by atoms with van der Waals surface area (Å²) in [5, 5.41) is 11.9. The first kappa shape index (κ1) is 12.6. The third-order valence-electron chi connectivity index (χ3n) is 2.72. The molecule has 7 nitrogen and oxygen atoms in total. The minimum atomic E-state index is 0.134. The van der Waals surface area contributed by atoms with Crippen LogP contribution in [0.1, 0.15) is 17.8 Å². The Morgan fingerprint density at radius 3 is 3.00 bits per heavy atom. The predicted molar refractivity (Wildman–Crippen MR) is 66.2 cm³/mol. The molecule has 0 saturated heterocycles. The van der Waals surface area contributed by atoms with Crippen molar-refractivity contribution < 1.29 is 0 Å². The van der Waals surface area contributed by atoms with Gasteiger partial charge in [-0.25, -0.2) is 0 Å². The van der Waals surface area contributed by atoms with Crippen molar-refractivity contribution in [1.29, 1.82) is 0 Å². The third-order valence-corrected chi connectivity index (χ3v) is 2.72. The van der Waals surface area contributed by atoms with Gasteiger partial charge in [-0.2, -0.15) is 4.80 Å². The first-order valence-corrected chi connectivity index (χ1v) is 5.86. The Bertz CT molecular complexity index is 467. The number of hydrogen-bond acceptors (Lipinski definition) is 6. The van der Waals surface area contributed by atoms with E-state index in [-0.39, 0.29) is 6.04 Å². The molecular formula is C11H17N7. The number of aryl methyl sites for hydroxylation is 2. The number of hydrogen-bond donors (Lipinski definition) is 2. The molecule has 2 rings (SSSR count). The summed E-state index contributed by atoms with van der Waals surface area (Å²) in [6, 6.07) is 4.13. The molecule has 2 aromatic heterocycles. The predicted octanol–water partition coefficient (Wildman–Crippen LogP) is -0.388. The Morgan fingerprint density at radius 2 is 2.39 bits per heavy atom. The molecule has 2 aromatic rings. The van der Waals surface area contributed by atoms with Gasteiger partial charge < -0.3 is 0 Å². The van der Waals surface area contributed by atoms with E-state index in [9.17, 15) is 0 Å². The summed E-state index contributed by atoms with van der Waals surface area (Å²) in [6.45, 7) is 0. The lowest BCUT2D eigenvalue weighted by Crippen LogP contribution is -2.37. The average molecular weight is 247 g/mol. The van der Waals surface area contributed by atoms with Crippen LogP contribution in [0.15, 0.2) is 24.5 Å². The summed E-state index contributed by atoms with van der Waals surface area (Å²) in [5.74, 6) is 6.24. The fraction of sp³-hybridized carbons (Fsp3) is 0.455. The van der Waals surface area contributed by atoms with E-state index in [0.717, 1.165) is 12.8 Å². The van der Waals surface area contributed by atoms with Crippen molar-refractivity contribution in [3.8, 4) is 0 Å². The van der Waals surface area contributed by atoms with E-state index >= 15 is 0 Å². The second-order valence-electron chi connectivity index (χ2n) is 4.16. The molecule has 3 N–H and O–H groups in total. The molecule has 0 aliphatic rings. The summed E-state index contributed by atoms with van der Waals surface area (Å²) >= 11 is 0. The van der Waals surface area contributed by atoms with Gasteiger partial charge in [-0.05, 0) is 29.7 Å². The average Bonchev–Trinajstić information content (AvgIpc) is 2.81. The Morgan fingerprint density at radius 1 is 1.50 bits per heavy atom. The topological polar surface area (TPSA) is 94.5 Å². The van der Waals surface area contributed by atoms with E-state index < -0.39 is 0 Å². The highest BCUT2D eigenvalue weighted by atomic mass is 15.6. The molecule has 18 heavy (non-hydrogen) atoms. The summed E-state index contributed by atoms with van der Waals surface area (Å²) in [6.07, 6.45) is 6.13. The number of pyridine rings is 1. The molecule has 0 radical (unpaired) electrons. The molecule has 0 spiro atoms. The number of rotatable bonds is 6. The zero-order chi connectivity index (χ0) is 12.8. The summed E-state index contributed by atoms with van der Waals surface area (Å²) < 4.78 is 0. The lowest BCUT2D eigenvalue weighted by atomic mass is 10.0. The summed E-state index contributed by atoms with van der Waals surface area (Å²) in [7, 11) is 1.75. The highest BCUT2D eigenvalue weighted by Crippen LogP contribution is 2.06. The number of tetrazole rings is 1. The SMILES string of the molecule is Cn1nnc(CC(CCc2cccnc2)NN)n1. The molecule has 0 aliphatic carbocycles.